The van der Waals surface area contributed by atoms with Gasteiger partial charge in [-0.3, -0.25) is 4.79 Å². The lowest BCUT2D eigenvalue weighted by molar-refractivity contribution is -0.137. The monoisotopic (exact) mass is 277 g/mol. The average Bonchev–Trinajstić information content (AvgIpc) is 2.44. The van der Waals surface area contributed by atoms with Crippen molar-refractivity contribution in [1.29, 1.82) is 0 Å². The van der Waals surface area contributed by atoms with Gasteiger partial charge in [-0.15, -0.1) is 0 Å². The summed E-state index contributed by atoms with van der Waals surface area (Å²) >= 11 is 0. The number of hydrogen-bond donors (Lipinski definition) is 1. The molecule has 0 atom stereocenters. The van der Waals surface area contributed by atoms with Crippen molar-refractivity contribution in [2.75, 3.05) is 32.6 Å². The predicted octanol–water partition coefficient (Wildman–Crippen LogP) is 2.10. The lowest BCUT2D eigenvalue weighted by Gasteiger charge is -2.31. The summed E-state index contributed by atoms with van der Waals surface area (Å²) in [7, 11) is 5.86. The Morgan fingerprint density at radius 3 is 2.15 bits per heavy atom. The fraction of sp³-hybridized carbons (Fsp3) is 0.562. The second kappa shape index (κ2) is 6.75. The summed E-state index contributed by atoms with van der Waals surface area (Å²) in [5.74, 6) is 0.124. The zero-order valence-electron chi connectivity index (χ0n) is 13.5. The molecule has 0 bridgehead atoms. The lowest BCUT2D eigenvalue weighted by atomic mass is 10.0. The minimum absolute atomic E-state index is 0.124. The Kier molecular flexibility index (Phi) is 5.57. The van der Waals surface area contributed by atoms with Crippen LogP contribution in [0.1, 0.15) is 26.3 Å². The molecular formula is C16H27N3O. The van der Waals surface area contributed by atoms with E-state index >= 15 is 0 Å². The maximum absolute atomic E-state index is 12.5. The van der Waals surface area contributed by atoms with E-state index in [9.17, 15) is 4.79 Å². The fourth-order valence-electron chi connectivity index (χ4n) is 1.95. The molecule has 0 unspecified atom stereocenters. The number of nitrogens with one attached hydrogen (secondary N) is 1. The molecule has 0 aliphatic carbocycles. The molecule has 0 aliphatic heterocycles. The molecule has 0 radical (unpaired) electrons. The van der Waals surface area contributed by atoms with Crippen LogP contribution in [0, 0.1) is 0 Å². The summed E-state index contributed by atoms with van der Waals surface area (Å²) < 4.78 is 0. The zero-order chi connectivity index (χ0) is 15.3. The summed E-state index contributed by atoms with van der Waals surface area (Å²) in [5.41, 5.74) is 1.79. The van der Waals surface area contributed by atoms with E-state index in [1.54, 1.807) is 0 Å². The Balaban J connectivity index is 2.81. The topological polar surface area (TPSA) is 35.6 Å². The van der Waals surface area contributed by atoms with Gasteiger partial charge < -0.3 is 15.1 Å². The summed E-state index contributed by atoms with van der Waals surface area (Å²) in [4.78, 5) is 16.4. The third kappa shape index (κ3) is 3.97. The van der Waals surface area contributed by atoms with Crippen LogP contribution in [0.5, 0.6) is 0 Å². The number of hydrogen-bond acceptors (Lipinski definition) is 3. The number of carbonyl (C=O) groups excluding carboxylic acids is 1. The van der Waals surface area contributed by atoms with Gasteiger partial charge in [0, 0.05) is 32.9 Å². The van der Waals surface area contributed by atoms with E-state index in [0.717, 1.165) is 5.56 Å². The second-order valence-electron chi connectivity index (χ2n) is 5.76. The molecule has 1 amide bonds. The summed E-state index contributed by atoms with van der Waals surface area (Å²) in [6.07, 6.45) is 0. The summed E-state index contributed by atoms with van der Waals surface area (Å²) in [5, 5.41) is 3.07. The highest BCUT2D eigenvalue weighted by molar-refractivity contribution is 5.85. The van der Waals surface area contributed by atoms with Crippen LogP contribution >= 0.6 is 0 Å². The highest BCUT2D eigenvalue weighted by Gasteiger charge is 2.29. The molecule has 4 nitrogen and oxygen atoms in total. The maximum atomic E-state index is 12.5. The van der Waals surface area contributed by atoms with Crippen LogP contribution in [0.25, 0.3) is 0 Å². The standard InChI is InChI=1S/C16H27N3O/c1-7-19(15(20)16(2,3)17-4)12-13-8-10-14(11-9-13)18(5)6/h8-11,17H,7,12H2,1-6H3. The Labute approximate surface area is 122 Å². The second-order valence-corrected chi connectivity index (χ2v) is 5.76. The van der Waals surface area contributed by atoms with E-state index in [2.05, 4.69) is 34.5 Å². The normalized spacial score (nSPS) is 11.3. The highest BCUT2D eigenvalue weighted by Crippen LogP contribution is 2.15. The van der Waals surface area contributed by atoms with E-state index in [0.29, 0.717) is 13.1 Å². The van der Waals surface area contributed by atoms with Crippen LogP contribution in [0.3, 0.4) is 0 Å². The largest absolute Gasteiger partial charge is 0.378 e. The fourth-order valence-corrected chi connectivity index (χ4v) is 1.95. The molecule has 1 N–H and O–H groups in total. The van der Waals surface area contributed by atoms with Gasteiger partial charge in [-0.05, 0) is 45.5 Å². The first kappa shape index (κ1) is 16.5. The molecule has 0 spiro atoms. The van der Waals surface area contributed by atoms with Crippen LogP contribution in [0.2, 0.25) is 0 Å². The van der Waals surface area contributed by atoms with Gasteiger partial charge in [0.2, 0.25) is 5.91 Å². The number of amides is 1. The summed E-state index contributed by atoms with van der Waals surface area (Å²) in [6.45, 7) is 7.19. The number of anilines is 1. The number of likely N-dealkylation sites (N-methyl/N-ethyl adjacent to an activating group) is 2. The molecule has 1 aromatic rings. The number of rotatable bonds is 6. The lowest BCUT2D eigenvalue weighted by Crippen LogP contribution is -2.52. The quantitative estimate of drug-likeness (QED) is 0.865. The molecule has 0 fully saturated rings. The highest BCUT2D eigenvalue weighted by atomic mass is 16.2. The molecule has 0 heterocycles. The van der Waals surface area contributed by atoms with Gasteiger partial charge in [0.1, 0.15) is 0 Å². The number of benzene rings is 1. The Hall–Kier alpha value is -1.55. The third-order valence-electron chi connectivity index (χ3n) is 3.65. The van der Waals surface area contributed by atoms with Crippen molar-refractivity contribution in [3.63, 3.8) is 0 Å². The molecule has 0 aliphatic rings. The Morgan fingerprint density at radius 1 is 1.20 bits per heavy atom. The molecular weight excluding hydrogens is 250 g/mol. The van der Waals surface area contributed by atoms with Gasteiger partial charge in [0.15, 0.2) is 0 Å². The molecule has 20 heavy (non-hydrogen) atoms. The first-order chi connectivity index (χ1) is 9.31. The van der Waals surface area contributed by atoms with Crippen molar-refractivity contribution >= 4 is 11.6 Å². The van der Waals surface area contributed by atoms with Crippen LogP contribution < -0.4 is 10.2 Å². The van der Waals surface area contributed by atoms with Crippen LogP contribution in [0.4, 0.5) is 5.69 Å². The molecule has 0 aromatic heterocycles. The van der Waals surface area contributed by atoms with E-state index in [1.165, 1.54) is 5.69 Å². The third-order valence-corrected chi connectivity index (χ3v) is 3.65. The molecule has 1 aromatic carbocycles. The van der Waals surface area contributed by atoms with Crippen LogP contribution in [-0.2, 0) is 11.3 Å². The first-order valence-corrected chi connectivity index (χ1v) is 7.06. The van der Waals surface area contributed by atoms with Crippen molar-refractivity contribution in [1.82, 2.24) is 10.2 Å². The minimum Gasteiger partial charge on any atom is -0.378 e. The average molecular weight is 277 g/mol. The Bertz CT molecular complexity index is 438. The van der Waals surface area contributed by atoms with E-state index in [1.807, 2.05) is 46.8 Å². The van der Waals surface area contributed by atoms with Crippen molar-refractivity contribution < 1.29 is 4.79 Å². The van der Waals surface area contributed by atoms with Crippen molar-refractivity contribution in [3.05, 3.63) is 29.8 Å². The molecule has 4 heteroatoms. The number of nitrogens with zero attached hydrogens (tertiary/aromatic N) is 2. The molecule has 0 saturated heterocycles. The smallest absolute Gasteiger partial charge is 0.242 e. The SMILES string of the molecule is CCN(Cc1ccc(N(C)C)cc1)C(=O)C(C)(C)NC. The molecule has 1 rings (SSSR count). The van der Waals surface area contributed by atoms with Crippen molar-refractivity contribution in [2.24, 2.45) is 0 Å². The van der Waals surface area contributed by atoms with Gasteiger partial charge in [-0.2, -0.15) is 0 Å². The molecule has 0 saturated carbocycles. The Morgan fingerprint density at radius 2 is 1.75 bits per heavy atom. The van der Waals surface area contributed by atoms with Gasteiger partial charge in [-0.1, -0.05) is 12.1 Å². The van der Waals surface area contributed by atoms with Gasteiger partial charge >= 0.3 is 0 Å². The maximum Gasteiger partial charge on any atom is 0.242 e. The molecule has 112 valence electrons. The minimum atomic E-state index is -0.528. The van der Waals surface area contributed by atoms with Gasteiger partial charge in [0.05, 0.1) is 5.54 Å². The van der Waals surface area contributed by atoms with Crippen LogP contribution in [-0.4, -0.2) is 44.0 Å². The van der Waals surface area contributed by atoms with Crippen molar-refractivity contribution in [2.45, 2.75) is 32.9 Å². The van der Waals surface area contributed by atoms with E-state index in [4.69, 9.17) is 0 Å². The van der Waals surface area contributed by atoms with Gasteiger partial charge in [-0.25, -0.2) is 0 Å². The van der Waals surface area contributed by atoms with Crippen LogP contribution in [0.15, 0.2) is 24.3 Å². The van der Waals surface area contributed by atoms with Gasteiger partial charge in [0.25, 0.3) is 0 Å². The predicted molar refractivity (Wildman–Crippen MR) is 85.0 cm³/mol. The summed E-state index contributed by atoms with van der Waals surface area (Å²) in [6, 6.07) is 8.32. The number of carbonyl (C=O) groups is 1. The zero-order valence-corrected chi connectivity index (χ0v) is 13.5. The first-order valence-electron chi connectivity index (χ1n) is 7.06. The van der Waals surface area contributed by atoms with Crippen molar-refractivity contribution in [3.8, 4) is 0 Å². The van der Waals surface area contributed by atoms with E-state index < -0.39 is 5.54 Å². The van der Waals surface area contributed by atoms with E-state index in [-0.39, 0.29) is 5.91 Å².